The van der Waals surface area contributed by atoms with Gasteiger partial charge in [0.25, 0.3) is 10.0 Å². The molecular weight excluding hydrogens is 468 g/mol. The van der Waals surface area contributed by atoms with E-state index in [1.165, 1.54) is 18.4 Å². The molecule has 0 bridgehead atoms. The van der Waals surface area contributed by atoms with Crippen LogP contribution in [0.1, 0.15) is 5.89 Å². The molecule has 0 atom stereocenters. The maximum Gasteiger partial charge on any atom is 0.261 e. The second kappa shape index (κ2) is 9.72. The maximum absolute atomic E-state index is 12.8. The molecule has 0 spiro atoms. The monoisotopic (exact) mass is 492 g/mol. The number of aryl methyl sites for hydroxylation is 1. The van der Waals surface area contributed by atoms with Crippen molar-refractivity contribution < 1.29 is 17.6 Å². The van der Waals surface area contributed by atoms with Crippen molar-refractivity contribution in [1.29, 1.82) is 0 Å². The van der Waals surface area contributed by atoms with Crippen LogP contribution in [-0.4, -0.2) is 49.9 Å². The third-order valence-electron chi connectivity index (χ3n) is 5.51. The molecule has 10 nitrogen and oxygen atoms in total. The second-order valence-corrected chi connectivity index (χ2v) is 9.66. The van der Waals surface area contributed by atoms with Crippen molar-refractivity contribution in [1.82, 2.24) is 15.2 Å². The lowest BCUT2D eigenvalue weighted by atomic mass is 10.2. The van der Waals surface area contributed by atoms with Crippen LogP contribution in [0.3, 0.4) is 0 Å². The Kier molecular flexibility index (Phi) is 6.34. The molecule has 1 aliphatic heterocycles. The van der Waals surface area contributed by atoms with Gasteiger partial charge in [-0.1, -0.05) is 12.1 Å². The molecule has 35 heavy (non-hydrogen) atoms. The van der Waals surface area contributed by atoms with E-state index in [-0.39, 0.29) is 4.90 Å². The van der Waals surface area contributed by atoms with Crippen LogP contribution in [0, 0.1) is 6.92 Å². The quantitative estimate of drug-likeness (QED) is 0.396. The maximum atomic E-state index is 12.8. The molecule has 2 aromatic carbocycles. The molecule has 2 aromatic heterocycles. The average molecular weight is 493 g/mol. The minimum Gasteiger partial charge on any atom is -0.449 e. The molecule has 1 fully saturated rings. The van der Waals surface area contributed by atoms with E-state index in [0.717, 1.165) is 30.0 Å². The van der Waals surface area contributed by atoms with Gasteiger partial charge in [0.05, 0.1) is 30.0 Å². The third kappa shape index (κ3) is 5.42. The summed E-state index contributed by atoms with van der Waals surface area (Å²) in [7, 11) is -3.75. The van der Waals surface area contributed by atoms with E-state index in [1.807, 2.05) is 6.07 Å². The first-order valence-electron chi connectivity index (χ1n) is 11.0. The zero-order valence-corrected chi connectivity index (χ0v) is 19.8. The van der Waals surface area contributed by atoms with Gasteiger partial charge in [-0.2, -0.15) is 5.10 Å². The van der Waals surface area contributed by atoms with Gasteiger partial charge in [-0.05, 0) is 36.4 Å². The number of morpholine rings is 1. The summed E-state index contributed by atoms with van der Waals surface area (Å²) in [5, 5.41) is 11.4. The van der Waals surface area contributed by atoms with Gasteiger partial charge in [0.2, 0.25) is 0 Å². The Balaban J connectivity index is 1.24. The predicted molar refractivity (Wildman–Crippen MR) is 132 cm³/mol. The minimum absolute atomic E-state index is 0.152. The van der Waals surface area contributed by atoms with Crippen LogP contribution in [0.4, 0.5) is 22.9 Å². The lowest BCUT2D eigenvalue weighted by Crippen LogP contribution is -2.36. The molecule has 0 amide bonds. The molecule has 5 rings (SSSR count). The topological polar surface area (TPSA) is 122 Å². The van der Waals surface area contributed by atoms with Gasteiger partial charge in [-0.15, -0.1) is 5.10 Å². The predicted octanol–water partition coefficient (Wildman–Crippen LogP) is 3.82. The normalized spacial score (nSPS) is 14.0. The van der Waals surface area contributed by atoms with Crippen LogP contribution < -0.4 is 14.9 Å². The Bertz CT molecular complexity index is 1400. The fourth-order valence-electron chi connectivity index (χ4n) is 3.70. The van der Waals surface area contributed by atoms with Crippen molar-refractivity contribution in [2.24, 2.45) is 0 Å². The summed E-state index contributed by atoms with van der Waals surface area (Å²) in [6, 6.07) is 15.3. The molecule has 180 valence electrons. The van der Waals surface area contributed by atoms with Crippen molar-refractivity contribution in [3.05, 3.63) is 72.9 Å². The zero-order valence-electron chi connectivity index (χ0n) is 19.0. The number of nitrogens with one attached hydrogen (secondary N) is 2. The van der Waals surface area contributed by atoms with Gasteiger partial charge in [0.15, 0.2) is 11.7 Å². The van der Waals surface area contributed by atoms with Crippen LogP contribution in [-0.2, 0) is 14.8 Å². The van der Waals surface area contributed by atoms with Gasteiger partial charge < -0.3 is 19.4 Å². The molecule has 1 aliphatic rings. The summed E-state index contributed by atoms with van der Waals surface area (Å²) in [4.78, 5) is 6.60. The fraction of sp³-hybridized carbons (Fsp3) is 0.208. The molecular formula is C24H24N6O4S. The number of anilines is 4. The SMILES string of the molecule is Cc1nc(-c2ccc(S(=O)(=O)Nc3ccc(Nc4cc(N5CCOCC5)cnn4)cc3)cc2)co1. The largest absolute Gasteiger partial charge is 0.449 e. The number of nitrogens with zero attached hydrogens (tertiary/aromatic N) is 4. The number of hydrogen-bond donors (Lipinski definition) is 2. The number of sulfonamides is 1. The Morgan fingerprint density at radius 1 is 0.971 bits per heavy atom. The number of benzene rings is 2. The van der Waals surface area contributed by atoms with Crippen LogP contribution >= 0.6 is 0 Å². The fourth-order valence-corrected chi connectivity index (χ4v) is 4.76. The van der Waals surface area contributed by atoms with Gasteiger partial charge in [-0.25, -0.2) is 13.4 Å². The average Bonchev–Trinajstić information content (AvgIpc) is 3.32. The smallest absolute Gasteiger partial charge is 0.261 e. The van der Waals surface area contributed by atoms with E-state index < -0.39 is 10.0 Å². The number of hydrogen-bond acceptors (Lipinski definition) is 9. The van der Waals surface area contributed by atoms with Crippen molar-refractivity contribution in [3.63, 3.8) is 0 Å². The molecule has 3 heterocycles. The Morgan fingerprint density at radius 2 is 1.69 bits per heavy atom. The number of aromatic nitrogens is 3. The van der Waals surface area contributed by atoms with E-state index in [2.05, 4.69) is 30.1 Å². The Labute approximate surface area is 203 Å². The molecule has 2 N–H and O–H groups in total. The van der Waals surface area contributed by atoms with E-state index in [9.17, 15) is 8.42 Å². The van der Waals surface area contributed by atoms with Crippen LogP contribution in [0.2, 0.25) is 0 Å². The zero-order chi connectivity index (χ0) is 24.3. The third-order valence-corrected chi connectivity index (χ3v) is 6.90. The first-order valence-corrected chi connectivity index (χ1v) is 12.5. The van der Waals surface area contributed by atoms with Gasteiger partial charge in [0.1, 0.15) is 12.0 Å². The van der Waals surface area contributed by atoms with Crippen LogP contribution in [0.25, 0.3) is 11.3 Å². The number of rotatable bonds is 7. The van der Waals surface area contributed by atoms with Crippen molar-refractivity contribution >= 4 is 32.9 Å². The summed E-state index contributed by atoms with van der Waals surface area (Å²) in [5.41, 5.74) is 3.60. The lowest BCUT2D eigenvalue weighted by Gasteiger charge is -2.28. The van der Waals surface area contributed by atoms with Crippen LogP contribution in [0.5, 0.6) is 0 Å². The van der Waals surface area contributed by atoms with E-state index >= 15 is 0 Å². The summed E-state index contributed by atoms with van der Waals surface area (Å²) < 4.78 is 38.9. The highest BCUT2D eigenvalue weighted by Gasteiger charge is 2.16. The molecule has 1 saturated heterocycles. The van der Waals surface area contributed by atoms with Crippen molar-refractivity contribution in [3.8, 4) is 11.3 Å². The highest BCUT2D eigenvalue weighted by atomic mass is 32.2. The first kappa shape index (κ1) is 22.8. The molecule has 0 unspecified atom stereocenters. The Hall–Kier alpha value is -3.96. The van der Waals surface area contributed by atoms with E-state index in [1.54, 1.807) is 49.5 Å². The highest BCUT2D eigenvalue weighted by molar-refractivity contribution is 7.92. The Morgan fingerprint density at radius 3 is 2.37 bits per heavy atom. The summed E-state index contributed by atoms with van der Waals surface area (Å²) in [6.45, 7) is 4.75. The van der Waals surface area contributed by atoms with Gasteiger partial charge in [0, 0.05) is 43.0 Å². The van der Waals surface area contributed by atoms with Crippen molar-refractivity contribution in [2.45, 2.75) is 11.8 Å². The lowest BCUT2D eigenvalue weighted by molar-refractivity contribution is 0.122. The van der Waals surface area contributed by atoms with Gasteiger partial charge in [-0.3, -0.25) is 4.72 Å². The van der Waals surface area contributed by atoms with Crippen molar-refractivity contribution in [2.75, 3.05) is 41.2 Å². The van der Waals surface area contributed by atoms with E-state index in [0.29, 0.717) is 36.3 Å². The van der Waals surface area contributed by atoms with E-state index in [4.69, 9.17) is 9.15 Å². The molecule has 4 aromatic rings. The summed E-state index contributed by atoms with van der Waals surface area (Å²) >= 11 is 0. The van der Waals surface area contributed by atoms with Gasteiger partial charge >= 0.3 is 0 Å². The summed E-state index contributed by atoms with van der Waals surface area (Å²) in [6.07, 6.45) is 3.27. The molecule has 0 aliphatic carbocycles. The summed E-state index contributed by atoms with van der Waals surface area (Å²) in [5.74, 6) is 1.15. The minimum atomic E-state index is -3.75. The molecule has 11 heteroatoms. The first-order chi connectivity index (χ1) is 17.0. The van der Waals surface area contributed by atoms with Crippen LogP contribution in [0.15, 0.2) is 76.4 Å². The highest BCUT2D eigenvalue weighted by Crippen LogP contribution is 2.24. The molecule has 0 radical (unpaired) electrons. The number of ether oxygens (including phenoxy) is 1. The standard InChI is InChI=1S/C24H24N6O4S/c1-17-26-23(16-34-17)18-2-8-22(9-3-18)35(31,32)29-20-6-4-19(5-7-20)27-24-14-21(15-25-28-24)30-10-12-33-13-11-30/h2-9,14-16,29H,10-13H2,1H3,(H,27,28). The second-order valence-electron chi connectivity index (χ2n) is 7.98. The molecule has 0 saturated carbocycles. The number of oxazole rings is 1.